The highest BCUT2D eigenvalue weighted by atomic mass is 16.2. The van der Waals surface area contributed by atoms with Crippen molar-refractivity contribution in [3.05, 3.63) is 29.8 Å². The third-order valence-corrected chi connectivity index (χ3v) is 2.86. The van der Waals surface area contributed by atoms with Gasteiger partial charge < -0.3 is 16.4 Å². The normalized spacial score (nSPS) is 13.9. The fraction of sp³-hybridized carbons (Fsp3) is 0.462. The van der Waals surface area contributed by atoms with Gasteiger partial charge in [-0.1, -0.05) is 19.1 Å². The topological polar surface area (TPSA) is 67.2 Å². The Hall–Kier alpha value is -1.55. The summed E-state index contributed by atoms with van der Waals surface area (Å²) in [5.41, 5.74) is 7.47. The van der Waals surface area contributed by atoms with Gasteiger partial charge in [0.15, 0.2) is 0 Å². The highest BCUT2D eigenvalue weighted by molar-refractivity contribution is 5.89. The number of anilines is 1. The largest absolute Gasteiger partial charge is 0.335 e. The van der Waals surface area contributed by atoms with Crippen molar-refractivity contribution in [1.29, 1.82) is 0 Å². The molecule has 0 aromatic heterocycles. The molecule has 0 radical (unpaired) electrons. The molecule has 4 heteroatoms. The number of carbonyl (C=O) groups is 1. The highest BCUT2D eigenvalue weighted by Crippen LogP contribution is 2.09. The number of nitrogens with one attached hydrogen (secondary N) is 2. The van der Waals surface area contributed by atoms with Crippen molar-refractivity contribution >= 4 is 11.7 Å². The first-order valence-electron chi connectivity index (χ1n) is 5.87. The van der Waals surface area contributed by atoms with E-state index < -0.39 is 0 Å². The van der Waals surface area contributed by atoms with E-state index in [9.17, 15) is 4.79 Å². The average Bonchev–Trinajstić information content (AvgIpc) is 2.27. The van der Waals surface area contributed by atoms with Crippen molar-refractivity contribution in [2.24, 2.45) is 11.7 Å². The lowest BCUT2D eigenvalue weighted by atomic mass is 10.0. The zero-order valence-electron chi connectivity index (χ0n) is 10.7. The van der Waals surface area contributed by atoms with Gasteiger partial charge in [-0.05, 0) is 44.0 Å². The first kappa shape index (κ1) is 13.5. The molecular weight excluding hydrogens is 214 g/mol. The molecule has 1 aromatic carbocycles. The molecule has 1 aromatic rings. The van der Waals surface area contributed by atoms with Gasteiger partial charge in [0.1, 0.15) is 0 Å². The molecule has 0 bridgehead atoms. The molecule has 0 saturated carbocycles. The number of rotatable bonds is 4. The van der Waals surface area contributed by atoms with Crippen molar-refractivity contribution in [1.82, 2.24) is 5.32 Å². The molecule has 4 nitrogen and oxygen atoms in total. The second-order valence-electron chi connectivity index (χ2n) is 4.47. The van der Waals surface area contributed by atoms with E-state index in [2.05, 4.69) is 10.6 Å². The molecule has 2 unspecified atom stereocenters. The molecule has 17 heavy (non-hydrogen) atoms. The van der Waals surface area contributed by atoms with Crippen molar-refractivity contribution in [3.8, 4) is 0 Å². The zero-order valence-corrected chi connectivity index (χ0v) is 10.7. The summed E-state index contributed by atoms with van der Waals surface area (Å²) >= 11 is 0. The van der Waals surface area contributed by atoms with E-state index in [1.54, 1.807) is 0 Å². The lowest BCUT2D eigenvalue weighted by Crippen LogP contribution is -2.41. The highest BCUT2D eigenvalue weighted by Gasteiger charge is 2.13. The van der Waals surface area contributed by atoms with Crippen LogP contribution in [0.15, 0.2) is 24.3 Å². The molecule has 2 amide bonds. The molecule has 1 rings (SSSR count). The molecule has 0 aliphatic heterocycles. The summed E-state index contributed by atoms with van der Waals surface area (Å²) in [7, 11) is 0. The minimum absolute atomic E-state index is 0.0600. The second-order valence-corrected chi connectivity index (χ2v) is 4.47. The molecule has 0 saturated heterocycles. The fourth-order valence-corrected chi connectivity index (χ4v) is 1.44. The molecule has 0 fully saturated rings. The summed E-state index contributed by atoms with van der Waals surface area (Å²) in [5.74, 6) is 0.262. The van der Waals surface area contributed by atoms with Crippen LogP contribution in [0.5, 0.6) is 0 Å². The molecule has 0 aliphatic rings. The summed E-state index contributed by atoms with van der Waals surface area (Å²) in [4.78, 5) is 11.7. The molecular formula is C13H21N3O. The van der Waals surface area contributed by atoms with Crippen molar-refractivity contribution in [2.45, 2.75) is 26.8 Å². The van der Waals surface area contributed by atoms with Gasteiger partial charge in [0.2, 0.25) is 0 Å². The average molecular weight is 235 g/mol. The lowest BCUT2D eigenvalue weighted by Gasteiger charge is -2.20. The van der Waals surface area contributed by atoms with Gasteiger partial charge in [0.25, 0.3) is 0 Å². The number of amides is 2. The van der Waals surface area contributed by atoms with Gasteiger partial charge in [-0.25, -0.2) is 4.79 Å². The van der Waals surface area contributed by atoms with Crippen molar-refractivity contribution in [2.75, 3.05) is 11.9 Å². The maximum atomic E-state index is 11.7. The van der Waals surface area contributed by atoms with Crippen molar-refractivity contribution < 1.29 is 4.79 Å². The Labute approximate surface area is 103 Å². The lowest BCUT2D eigenvalue weighted by molar-refractivity contribution is 0.245. The van der Waals surface area contributed by atoms with E-state index in [0.717, 1.165) is 11.3 Å². The number of hydrogen-bond donors (Lipinski definition) is 3. The van der Waals surface area contributed by atoms with E-state index in [1.807, 2.05) is 45.0 Å². The first-order chi connectivity index (χ1) is 8.02. The fourth-order valence-electron chi connectivity index (χ4n) is 1.44. The van der Waals surface area contributed by atoms with Crippen LogP contribution in [0.25, 0.3) is 0 Å². The number of urea groups is 1. The third-order valence-electron chi connectivity index (χ3n) is 2.86. The van der Waals surface area contributed by atoms with E-state index in [1.165, 1.54) is 0 Å². The van der Waals surface area contributed by atoms with Crippen LogP contribution in [0, 0.1) is 12.8 Å². The Bertz CT molecular complexity index is 379. The standard InChI is InChI=1S/C13H21N3O/c1-9-5-4-6-12(7-9)16-13(17)15-11(3)10(2)8-14/h4-7,10-11H,8,14H2,1-3H3,(H2,15,16,17). The molecule has 0 spiro atoms. The van der Waals surface area contributed by atoms with E-state index in [4.69, 9.17) is 5.73 Å². The molecule has 0 heterocycles. The van der Waals surface area contributed by atoms with Crippen LogP contribution in [0.1, 0.15) is 19.4 Å². The van der Waals surface area contributed by atoms with Crippen LogP contribution in [0.4, 0.5) is 10.5 Å². The number of benzene rings is 1. The SMILES string of the molecule is Cc1cccc(NC(=O)NC(C)C(C)CN)c1. The Morgan fingerprint density at radius 3 is 2.71 bits per heavy atom. The first-order valence-corrected chi connectivity index (χ1v) is 5.87. The summed E-state index contributed by atoms with van der Waals surface area (Å²) in [6.07, 6.45) is 0. The molecule has 0 aliphatic carbocycles. The molecule has 2 atom stereocenters. The van der Waals surface area contributed by atoms with Crippen LogP contribution in [-0.2, 0) is 0 Å². The Kier molecular flexibility index (Phi) is 4.97. The summed E-state index contributed by atoms with van der Waals surface area (Å²) in [5, 5.41) is 5.67. The molecule has 4 N–H and O–H groups in total. The van der Waals surface area contributed by atoms with Crippen LogP contribution in [-0.4, -0.2) is 18.6 Å². The smallest absolute Gasteiger partial charge is 0.319 e. The zero-order chi connectivity index (χ0) is 12.8. The van der Waals surface area contributed by atoms with Crippen LogP contribution in [0.2, 0.25) is 0 Å². The van der Waals surface area contributed by atoms with Crippen LogP contribution in [0.3, 0.4) is 0 Å². The van der Waals surface area contributed by atoms with Gasteiger partial charge in [0, 0.05) is 11.7 Å². The van der Waals surface area contributed by atoms with Gasteiger partial charge in [-0.2, -0.15) is 0 Å². The Morgan fingerprint density at radius 1 is 1.41 bits per heavy atom. The number of aryl methyl sites for hydroxylation is 1. The van der Waals surface area contributed by atoms with E-state index in [-0.39, 0.29) is 18.0 Å². The second kappa shape index (κ2) is 6.25. The minimum atomic E-state index is -0.191. The predicted octanol–water partition coefficient (Wildman–Crippen LogP) is 2.10. The Morgan fingerprint density at radius 2 is 2.12 bits per heavy atom. The number of carbonyl (C=O) groups excluding carboxylic acids is 1. The van der Waals surface area contributed by atoms with Gasteiger partial charge in [0.05, 0.1) is 0 Å². The predicted molar refractivity (Wildman–Crippen MR) is 71.0 cm³/mol. The van der Waals surface area contributed by atoms with Crippen LogP contribution >= 0.6 is 0 Å². The maximum Gasteiger partial charge on any atom is 0.319 e. The van der Waals surface area contributed by atoms with Gasteiger partial charge in [-0.15, -0.1) is 0 Å². The summed E-state index contributed by atoms with van der Waals surface area (Å²) < 4.78 is 0. The van der Waals surface area contributed by atoms with E-state index >= 15 is 0 Å². The summed E-state index contributed by atoms with van der Waals surface area (Å²) in [6.45, 7) is 6.51. The Balaban J connectivity index is 2.50. The summed E-state index contributed by atoms with van der Waals surface area (Å²) in [6, 6.07) is 7.56. The number of nitrogens with two attached hydrogens (primary N) is 1. The quantitative estimate of drug-likeness (QED) is 0.748. The van der Waals surface area contributed by atoms with Gasteiger partial charge in [-0.3, -0.25) is 0 Å². The van der Waals surface area contributed by atoms with Gasteiger partial charge >= 0.3 is 6.03 Å². The third kappa shape index (κ3) is 4.44. The van der Waals surface area contributed by atoms with Crippen molar-refractivity contribution in [3.63, 3.8) is 0 Å². The van der Waals surface area contributed by atoms with E-state index in [0.29, 0.717) is 6.54 Å². The maximum absolute atomic E-state index is 11.7. The van der Waals surface area contributed by atoms with Crippen LogP contribution < -0.4 is 16.4 Å². The molecule has 94 valence electrons. The number of hydrogen-bond acceptors (Lipinski definition) is 2. The monoisotopic (exact) mass is 235 g/mol. The minimum Gasteiger partial charge on any atom is -0.335 e.